The Labute approximate surface area is 135 Å². The lowest BCUT2D eigenvalue weighted by Gasteiger charge is -2.09. The zero-order valence-electron chi connectivity index (χ0n) is 11.9. The molecule has 0 aromatic heterocycles. The van der Waals surface area contributed by atoms with Crippen LogP contribution in [0.15, 0.2) is 18.2 Å². The molecule has 1 aromatic carbocycles. The molecule has 1 amide bonds. The van der Waals surface area contributed by atoms with Gasteiger partial charge in [0.15, 0.2) is 0 Å². The normalized spacial score (nSPS) is 27.6. The predicted octanol–water partition coefficient (Wildman–Crippen LogP) is 3.21. The van der Waals surface area contributed by atoms with Crippen LogP contribution in [0.2, 0.25) is 10.0 Å². The molecule has 21 heavy (non-hydrogen) atoms. The Kier molecular flexibility index (Phi) is 4.72. The molecule has 1 heterocycles. The van der Waals surface area contributed by atoms with Crippen molar-refractivity contribution in [1.82, 2.24) is 10.6 Å². The standard InChI is InChI=1S/C16H20Cl2N2O/c17-14-2-1-11(7-15(14)18)12-8-13(12)16(21)20-6-4-10-3-5-19-9-10/h1-2,7,10,12-13,19H,3-6,8-9H2,(H,20,21). The molecule has 3 atom stereocenters. The number of hydrogen-bond donors (Lipinski definition) is 2. The lowest BCUT2D eigenvalue weighted by molar-refractivity contribution is -0.122. The summed E-state index contributed by atoms with van der Waals surface area (Å²) in [4.78, 5) is 12.1. The van der Waals surface area contributed by atoms with Crippen molar-refractivity contribution in [2.24, 2.45) is 11.8 Å². The maximum absolute atomic E-state index is 12.1. The Morgan fingerprint density at radius 2 is 2.19 bits per heavy atom. The lowest BCUT2D eigenvalue weighted by Crippen LogP contribution is -2.28. The smallest absolute Gasteiger partial charge is 0.223 e. The molecule has 0 spiro atoms. The first-order valence-electron chi connectivity index (χ1n) is 7.58. The summed E-state index contributed by atoms with van der Waals surface area (Å²) in [7, 11) is 0. The Morgan fingerprint density at radius 1 is 1.33 bits per heavy atom. The van der Waals surface area contributed by atoms with Crippen LogP contribution in [0.5, 0.6) is 0 Å². The lowest BCUT2D eigenvalue weighted by atomic mass is 10.1. The number of nitrogens with one attached hydrogen (secondary N) is 2. The van der Waals surface area contributed by atoms with Gasteiger partial charge in [-0.15, -0.1) is 0 Å². The SMILES string of the molecule is O=C(NCCC1CCNC1)C1CC1c1ccc(Cl)c(Cl)c1. The van der Waals surface area contributed by atoms with Gasteiger partial charge in [-0.3, -0.25) is 4.79 Å². The molecule has 2 fully saturated rings. The molecule has 1 aromatic rings. The van der Waals surface area contributed by atoms with Crippen molar-refractivity contribution in [3.8, 4) is 0 Å². The number of carbonyl (C=O) groups excluding carboxylic acids is 1. The highest BCUT2D eigenvalue weighted by atomic mass is 35.5. The summed E-state index contributed by atoms with van der Waals surface area (Å²) in [6.07, 6.45) is 3.21. The second-order valence-electron chi connectivity index (χ2n) is 6.06. The van der Waals surface area contributed by atoms with E-state index in [0.29, 0.717) is 16.0 Å². The molecule has 3 unspecified atom stereocenters. The third-order valence-corrected chi connectivity index (χ3v) is 5.25. The fourth-order valence-electron chi connectivity index (χ4n) is 3.09. The minimum Gasteiger partial charge on any atom is -0.356 e. The highest BCUT2D eigenvalue weighted by Gasteiger charge is 2.43. The molecule has 0 bridgehead atoms. The summed E-state index contributed by atoms with van der Waals surface area (Å²) in [5, 5.41) is 7.55. The predicted molar refractivity (Wildman–Crippen MR) is 85.9 cm³/mol. The van der Waals surface area contributed by atoms with Crippen LogP contribution in [0.4, 0.5) is 0 Å². The highest BCUT2D eigenvalue weighted by molar-refractivity contribution is 6.42. The van der Waals surface area contributed by atoms with Gasteiger partial charge in [0.2, 0.25) is 5.91 Å². The largest absolute Gasteiger partial charge is 0.356 e. The van der Waals surface area contributed by atoms with Crippen molar-refractivity contribution >= 4 is 29.1 Å². The van der Waals surface area contributed by atoms with Gasteiger partial charge in [-0.05, 0) is 61.9 Å². The molecule has 2 aliphatic rings. The summed E-state index contributed by atoms with van der Waals surface area (Å²) >= 11 is 11.9. The molecule has 3 rings (SSSR count). The minimum atomic E-state index is 0.101. The van der Waals surface area contributed by atoms with Gasteiger partial charge in [-0.1, -0.05) is 29.3 Å². The van der Waals surface area contributed by atoms with Crippen LogP contribution in [0, 0.1) is 11.8 Å². The van der Waals surface area contributed by atoms with Crippen molar-refractivity contribution in [3.05, 3.63) is 33.8 Å². The number of amides is 1. The van der Waals surface area contributed by atoms with Crippen LogP contribution in [0.1, 0.15) is 30.7 Å². The molecule has 114 valence electrons. The van der Waals surface area contributed by atoms with Gasteiger partial charge >= 0.3 is 0 Å². The summed E-state index contributed by atoms with van der Waals surface area (Å²) in [6.45, 7) is 2.99. The summed E-state index contributed by atoms with van der Waals surface area (Å²) < 4.78 is 0. The Balaban J connectivity index is 1.45. The first-order chi connectivity index (χ1) is 10.1. The average molecular weight is 327 g/mol. The van der Waals surface area contributed by atoms with Gasteiger partial charge in [0, 0.05) is 12.5 Å². The van der Waals surface area contributed by atoms with Crippen molar-refractivity contribution in [2.45, 2.75) is 25.2 Å². The number of carbonyl (C=O) groups is 1. The molecule has 1 saturated heterocycles. The maximum atomic E-state index is 12.1. The monoisotopic (exact) mass is 326 g/mol. The van der Waals surface area contributed by atoms with E-state index in [-0.39, 0.29) is 11.8 Å². The Morgan fingerprint density at radius 3 is 2.90 bits per heavy atom. The second-order valence-corrected chi connectivity index (χ2v) is 6.88. The van der Waals surface area contributed by atoms with E-state index in [1.165, 1.54) is 6.42 Å². The van der Waals surface area contributed by atoms with Gasteiger partial charge < -0.3 is 10.6 Å². The number of rotatable bonds is 5. The molecular formula is C16H20Cl2N2O. The van der Waals surface area contributed by atoms with E-state index < -0.39 is 0 Å². The Bertz CT molecular complexity index is 529. The average Bonchev–Trinajstić information content (AvgIpc) is 3.11. The van der Waals surface area contributed by atoms with Crippen LogP contribution < -0.4 is 10.6 Å². The third-order valence-electron chi connectivity index (χ3n) is 4.51. The van der Waals surface area contributed by atoms with Gasteiger partial charge in [-0.25, -0.2) is 0 Å². The topological polar surface area (TPSA) is 41.1 Å². The van der Waals surface area contributed by atoms with Crippen molar-refractivity contribution in [2.75, 3.05) is 19.6 Å². The minimum absolute atomic E-state index is 0.101. The zero-order chi connectivity index (χ0) is 14.8. The fourth-order valence-corrected chi connectivity index (χ4v) is 3.39. The van der Waals surface area contributed by atoms with Crippen LogP contribution in [0.25, 0.3) is 0 Å². The molecule has 2 N–H and O–H groups in total. The number of halogens is 2. The molecule has 1 saturated carbocycles. The molecule has 1 aliphatic carbocycles. The fraction of sp³-hybridized carbons (Fsp3) is 0.562. The van der Waals surface area contributed by atoms with E-state index >= 15 is 0 Å². The van der Waals surface area contributed by atoms with Crippen molar-refractivity contribution < 1.29 is 4.79 Å². The Hall–Kier alpha value is -0.770. The zero-order valence-corrected chi connectivity index (χ0v) is 13.4. The molecule has 0 radical (unpaired) electrons. The summed E-state index contributed by atoms with van der Waals surface area (Å²) in [5.41, 5.74) is 1.12. The van der Waals surface area contributed by atoms with Crippen molar-refractivity contribution in [1.29, 1.82) is 0 Å². The summed E-state index contributed by atoms with van der Waals surface area (Å²) in [5.74, 6) is 1.30. The summed E-state index contributed by atoms with van der Waals surface area (Å²) in [6, 6.07) is 5.65. The highest BCUT2D eigenvalue weighted by Crippen LogP contribution is 2.48. The third kappa shape index (κ3) is 3.71. The molecular weight excluding hydrogens is 307 g/mol. The first-order valence-corrected chi connectivity index (χ1v) is 8.34. The van der Waals surface area contributed by atoms with Crippen LogP contribution in [0.3, 0.4) is 0 Å². The van der Waals surface area contributed by atoms with E-state index in [9.17, 15) is 4.79 Å². The van der Waals surface area contributed by atoms with Gasteiger partial charge in [-0.2, -0.15) is 0 Å². The van der Waals surface area contributed by atoms with Crippen molar-refractivity contribution in [3.63, 3.8) is 0 Å². The number of benzene rings is 1. The van der Waals surface area contributed by atoms with E-state index in [0.717, 1.165) is 44.0 Å². The van der Waals surface area contributed by atoms with E-state index in [1.54, 1.807) is 6.07 Å². The van der Waals surface area contributed by atoms with Gasteiger partial charge in [0.1, 0.15) is 0 Å². The molecule has 1 aliphatic heterocycles. The van der Waals surface area contributed by atoms with E-state index in [1.807, 2.05) is 12.1 Å². The van der Waals surface area contributed by atoms with E-state index in [2.05, 4.69) is 10.6 Å². The van der Waals surface area contributed by atoms with Crippen LogP contribution in [-0.4, -0.2) is 25.5 Å². The second kappa shape index (κ2) is 6.55. The molecule has 3 nitrogen and oxygen atoms in total. The first kappa shape index (κ1) is 15.1. The number of hydrogen-bond acceptors (Lipinski definition) is 2. The van der Waals surface area contributed by atoms with Gasteiger partial charge in [0.25, 0.3) is 0 Å². The maximum Gasteiger partial charge on any atom is 0.223 e. The van der Waals surface area contributed by atoms with E-state index in [4.69, 9.17) is 23.2 Å². The van der Waals surface area contributed by atoms with Gasteiger partial charge in [0.05, 0.1) is 10.0 Å². The van der Waals surface area contributed by atoms with Crippen LogP contribution in [-0.2, 0) is 4.79 Å². The molecule has 5 heteroatoms. The van der Waals surface area contributed by atoms with Crippen LogP contribution >= 0.6 is 23.2 Å². The quantitative estimate of drug-likeness (QED) is 0.872.